The van der Waals surface area contributed by atoms with E-state index in [0.29, 0.717) is 19.3 Å². The summed E-state index contributed by atoms with van der Waals surface area (Å²) < 4.78 is 47.4. The van der Waals surface area contributed by atoms with Crippen molar-refractivity contribution >= 4 is 11.8 Å². The van der Waals surface area contributed by atoms with Crippen molar-refractivity contribution in [3.05, 3.63) is 12.2 Å². The number of cyclic esters (lactones) is 1. The molecule has 0 radical (unpaired) electrons. The van der Waals surface area contributed by atoms with Gasteiger partial charge < -0.3 is 58.3 Å². The van der Waals surface area contributed by atoms with E-state index in [9.17, 15) is 30.0 Å². The number of esters is 1. The number of fused-ring (bicyclic) bond motifs is 1. The van der Waals surface area contributed by atoms with Crippen LogP contribution in [-0.2, 0) is 47.5 Å². The SMILES string of the molecule is CO[C@@H]1[C@H](O)[C@@H](C)O[C@@H](OC[C@H]2[C@@H]3O[C@H]3CCC(=O)[C@H](C)C[C@H](C)[C@H](O[C@@H]3O[C@H](C)C[C@](O)([C@H](C)O)[C@H]3O)[C@@H](C)C=CC(=O)O[C@@H]2C)[C@@H]1OC. The smallest absolute Gasteiger partial charge is 0.330 e. The molecule has 288 valence electrons. The summed E-state index contributed by atoms with van der Waals surface area (Å²) >= 11 is 0. The third kappa shape index (κ3) is 9.51. The molecule has 3 saturated heterocycles. The lowest BCUT2D eigenvalue weighted by atomic mass is 9.82. The van der Waals surface area contributed by atoms with Crippen LogP contribution in [0.3, 0.4) is 0 Å². The molecule has 4 aliphatic rings. The number of hydrogen-bond acceptors (Lipinski definition) is 14. The van der Waals surface area contributed by atoms with Crippen molar-refractivity contribution in [2.45, 2.75) is 159 Å². The summed E-state index contributed by atoms with van der Waals surface area (Å²) in [5, 5.41) is 43.0. The summed E-state index contributed by atoms with van der Waals surface area (Å²) in [7, 11) is 2.97. The summed E-state index contributed by atoms with van der Waals surface area (Å²) in [6.07, 6.45) is -5.87. The number of ether oxygens (including phenoxy) is 8. The topological polar surface area (TPSA) is 192 Å². The highest BCUT2D eigenvalue weighted by molar-refractivity contribution is 5.82. The maximum atomic E-state index is 13.4. The molecule has 0 bridgehead atoms. The van der Waals surface area contributed by atoms with Gasteiger partial charge >= 0.3 is 5.97 Å². The molecule has 0 aromatic carbocycles. The van der Waals surface area contributed by atoms with Crippen LogP contribution in [0, 0.1) is 23.7 Å². The Hall–Kier alpha value is -1.56. The van der Waals surface area contributed by atoms with Crippen molar-refractivity contribution in [2.75, 3.05) is 20.8 Å². The number of rotatable bonds is 8. The lowest BCUT2D eigenvalue weighted by Gasteiger charge is -2.47. The van der Waals surface area contributed by atoms with Crippen LogP contribution in [-0.4, -0.2) is 138 Å². The van der Waals surface area contributed by atoms with Gasteiger partial charge in [-0.15, -0.1) is 0 Å². The first-order valence-corrected chi connectivity index (χ1v) is 18.0. The molecule has 18 atom stereocenters. The summed E-state index contributed by atoms with van der Waals surface area (Å²) in [4.78, 5) is 26.6. The van der Waals surface area contributed by atoms with Gasteiger partial charge in [0.15, 0.2) is 12.6 Å². The number of hydrogen-bond donors (Lipinski definition) is 4. The number of carbonyl (C=O) groups excluding carboxylic acids is 2. The number of aliphatic hydroxyl groups excluding tert-OH is 3. The first-order chi connectivity index (χ1) is 23.5. The number of ketones is 1. The Bertz CT molecular complexity index is 1150. The normalized spacial score (nSPS) is 47.3. The fraction of sp³-hybridized carbons (Fsp3) is 0.889. The molecule has 14 heteroatoms. The van der Waals surface area contributed by atoms with E-state index in [0.717, 1.165) is 0 Å². The van der Waals surface area contributed by atoms with Crippen molar-refractivity contribution < 1.29 is 67.9 Å². The van der Waals surface area contributed by atoms with Gasteiger partial charge in [0.05, 0.1) is 43.2 Å². The Morgan fingerprint density at radius 3 is 2.26 bits per heavy atom. The minimum absolute atomic E-state index is 0.0189. The van der Waals surface area contributed by atoms with Crippen LogP contribution in [0.4, 0.5) is 0 Å². The average Bonchev–Trinajstić information content (AvgIpc) is 3.83. The molecule has 0 aromatic rings. The number of methoxy groups -OCH3 is 2. The first-order valence-electron chi connectivity index (χ1n) is 18.0. The predicted octanol–water partition coefficient (Wildman–Crippen LogP) is 1.66. The number of Topliss-reactive ketones (excluding diaryl/α,β-unsaturated/α-hetero) is 1. The number of epoxide rings is 1. The van der Waals surface area contributed by atoms with Gasteiger partial charge in [-0.25, -0.2) is 4.79 Å². The van der Waals surface area contributed by atoms with E-state index >= 15 is 0 Å². The second-order valence-corrected chi connectivity index (χ2v) is 14.9. The summed E-state index contributed by atoms with van der Waals surface area (Å²) in [5.41, 5.74) is -1.84. The van der Waals surface area contributed by atoms with Crippen LogP contribution < -0.4 is 0 Å². The largest absolute Gasteiger partial charge is 0.459 e. The molecule has 0 aliphatic carbocycles. The van der Waals surface area contributed by atoms with E-state index in [4.69, 9.17) is 37.9 Å². The fourth-order valence-electron chi connectivity index (χ4n) is 7.74. The zero-order chi connectivity index (χ0) is 37.1. The van der Waals surface area contributed by atoms with Gasteiger partial charge in [0.2, 0.25) is 0 Å². The summed E-state index contributed by atoms with van der Waals surface area (Å²) in [5.74, 6) is -1.86. The monoisotopic (exact) mass is 716 g/mol. The second-order valence-electron chi connectivity index (χ2n) is 14.9. The van der Waals surface area contributed by atoms with Crippen LogP contribution >= 0.6 is 0 Å². The molecule has 50 heavy (non-hydrogen) atoms. The van der Waals surface area contributed by atoms with Gasteiger partial charge in [-0.05, 0) is 46.5 Å². The lowest BCUT2D eigenvalue weighted by Crippen LogP contribution is -2.63. The summed E-state index contributed by atoms with van der Waals surface area (Å²) in [6.45, 7) is 12.4. The van der Waals surface area contributed by atoms with Crippen molar-refractivity contribution in [3.63, 3.8) is 0 Å². The molecule has 4 rings (SSSR count). The Balaban J connectivity index is 1.53. The molecule has 0 spiro atoms. The zero-order valence-corrected chi connectivity index (χ0v) is 30.9. The first kappa shape index (κ1) is 41.2. The third-order valence-corrected chi connectivity index (χ3v) is 11.0. The van der Waals surface area contributed by atoms with Gasteiger partial charge in [-0.1, -0.05) is 26.8 Å². The van der Waals surface area contributed by atoms with E-state index < -0.39 is 90.9 Å². The second kappa shape index (κ2) is 17.5. The molecule has 3 fully saturated rings. The Labute approximate surface area is 295 Å². The Kier molecular flexibility index (Phi) is 14.4. The zero-order valence-electron chi connectivity index (χ0n) is 30.9. The standard InChI is InChI=1S/C36H60O14/c1-17-10-13-27(39)47-21(5)24(16-45-34-32(44-9)31(43-8)28(40)22(6)48-34)30-26(49-30)12-11-25(38)18(2)14-19(3)29(17)50-35-33(41)36(42,23(7)37)15-20(4)46-35/h10,13,17-24,26,28-35,37,40-42H,11-12,14-16H2,1-9H3/t17-,18+,19-,20+,21+,22+,23-,24+,26-,28+,29+,30-,31+,32+,33-,34+,35-,36-/m0/s1. The lowest BCUT2D eigenvalue weighted by molar-refractivity contribution is -0.322. The maximum Gasteiger partial charge on any atom is 0.330 e. The minimum atomic E-state index is -1.84. The van der Waals surface area contributed by atoms with Gasteiger partial charge in [0.1, 0.15) is 41.9 Å². The Morgan fingerprint density at radius 1 is 0.940 bits per heavy atom. The van der Waals surface area contributed by atoms with E-state index in [1.54, 1.807) is 26.8 Å². The molecule has 14 nitrogen and oxygen atoms in total. The van der Waals surface area contributed by atoms with Crippen LogP contribution in [0.25, 0.3) is 0 Å². The minimum Gasteiger partial charge on any atom is -0.459 e. The highest BCUT2D eigenvalue weighted by atomic mass is 16.7. The highest BCUT2D eigenvalue weighted by Crippen LogP contribution is 2.39. The van der Waals surface area contributed by atoms with E-state index in [1.165, 1.54) is 27.2 Å². The highest BCUT2D eigenvalue weighted by Gasteiger charge is 2.52. The number of carbonyl (C=O) groups is 2. The van der Waals surface area contributed by atoms with Crippen molar-refractivity contribution in [1.29, 1.82) is 0 Å². The molecular weight excluding hydrogens is 656 g/mol. The van der Waals surface area contributed by atoms with Gasteiger partial charge in [-0.3, -0.25) is 4.79 Å². The predicted molar refractivity (Wildman–Crippen MR) is 178 cm³/mol. The molecule has 4 N–H and O–H groups in total. The van der Waals surface area contributed by atoms with E-state index in [1.807, 2.05) is 20.8 Å². The van der Waals surface area contributed by atoms with Crippen LogP contribution in [0.15, 0.2) is 12.2 Å². The molecule has 0 aromatic heterocycles. The molecule has 0 saturated carbocycles. The van der Waals surface area contributed by atoms with E-state index in [2.05, 4.69) is 0 Å². The van der Waals surface area contributed by atoms with E-state index in [-0.39, 0.29) is 42.9 Å². The van der Waals surface area contributed by atoms with Crippen molar-refractivity contribution in [1.82, 2.24) is 0 Å². The van der Waals surface area contributed by atoms with Crippen LogP contribution in [0.1, 0.15) is 74.1 Å². The molecular formula is C36H60O14. The molecule has 4 aliphatic heterocycles. The molecule has 4 heterocycles. The molecule has 0 unspecified atom stereocenters. The van der Waals surface area contributed by atoms with Gasteiger partial charge in [-0.2, -0.15) is 0 Å². The van der Waals surface area contributed by atoms with Gasteiger partial charge in [0.25, 0.3) is 0 Å². The van der Waals surface area contributed by atoms with Gasteiger partial charge in [0, 0.05) is 50.9 Å². The van der Waals surface area contributed by atoms with Crippen LogP contribution in [0.2, 0.25) is 0 Å². The quantitative estimate of drug-likeness (QED) is 0.209. The van der Waals surface area contributed by atoms with Crippen molar-refractivity contribution in [3.8, 4) is 0 Å². The Morgan fingerprint density at radius 2 is 1.62 bits per heavy atom. The fourth-order valence-corrected chi connectivity index (χ4v) is 7.74. The third-order valence-electron chi connectivity index (χ3n) is 11.0. The van der Waals surface area contributed by atoms with Crippen molar-refractivity contribution in [2.24, 2.45) is 23.7 Å². The summed E-state index contributed by atoms with van der Waals surface area (Å²) in [6, 6.07) is 0. The average molecular weight is 717 g/mol. The number of aliphatic hydroxyl groups is 4. The molecule has 0 amide bonds. The van der Waals surface area contributed by atoms with Crippen LogP contribution in [0.5, 0.6) is 0 Å². The maximum absolute atomic E-state index is 13.4.